The summed E-state index contributed by atoms with van der Waals surface area (Å²) in [6.45, 7) is 13.0. The lowest BCUT2D eigenvalue weighted by molar-refractivity contribution is -0.153. The van der Waals surface area contributed by atoms with Crippen molar-refractivity contribution in [2.75, 3.05) is 33.5 Å². The van der Waals surface area contributed by atoms with Crippen LogP contribution in [0.2, 0.25) is 0 Å². The highest BCUT2D eigenvalue weighted by Crippen LogP contribution is 2.05. The number of carbonyl (C=O) groups excluding carboxylic acids is 5. The maximum atomic E-state index is 11.9. The quantitative estimate of drug-likeness (QED) is 0.145. The van der Waals surface area contributed by atoms with Crippen LogP contribution in [-0.2, 0) is 42.9 Å². The van der Waals surface area contributed by atoms with Crippen molar-refractivity contribution in [2.45, 2.75) is 45.6 Å². The Balaban J connectivity index is 4.49. The molecule has 33 heavy (non-hydrogen) atoms. The van der Waals surface area contributed by atoms with Crippen LogP contribution < -0.4 is 0 Å². The van der Waals surface area contributed by atoms with Gasteiger partial charge in [-0.25, -0.2) is 9.59 Å². The van der Waals surface area contributed by atoms with Crippen molar-refractivity contribution in [3.05, 3.63) is 37.0 Å². The molecular formula is C23H33NO9. The first-order chi connectivity index (χ1) is 15.5. The van der Waals surface area contributed by atoms with Gasteiger partial charge in [-0.05, 0) is 32.8 Å². The highest BCUT2D eigenvalue weighted by Gasteiger charge is 2.22. The van der Waals surface area contributed by atoms with Crippen LogP contribution in [0.4, 0.5) is 0 Å². The van der Waals surface area contributed by atoms with Gasteiger partial charge in [0.05, 0.1) is 19.3 Å². The molecule has 0 N–H and O–H groups in total. The lowest BCUT2D eigenvalue weighted by atomic mass is 10.2. The van der Waals surface area contributed by atoms with Gasteiger partial charge in [0.1, 0.15) is 13.2 Å². The fraction of sp³-hybridized carbons (Fsp3) is 0.522. The van der Waals surface area contributed by atoms with Crippen LogP contribution in [0.5, 0.6) is 0 Å². The molecule has 0 aliphatic heterocycles. The molecule has 0 aliphatic carbocycles. The molecule has 0 atom stereocenters. The molecule has 0 aromatic heterocycles. The summed E-state index contributed by atoms with van der Waals surface area (Å²) in [5.41, 5.74) is 0.524. The third kappa shape index (κ3) is 13.6. The third-order valence-electron chi connectivity index (χ3n) is 4.16. The minimum Gasteiger partial charge on any atom is -0.463 e. The first kappa shape index (κ1) is 29.6. The van der Waals surface area contributed by atoms with E-state index in [0.717, 1.165) is 6.08 Å². The summed E-state index contributed by atoms with van der Waals surface area (Å²) in [5.74, 6) is -2.63. The Kier molecular flexibility index (Phi) is 14.6. The molecule has 0 rings (SSSR count). The van der Waals surface area contributed by atoms with Crippen molar-refractivity contribution < 1.29 is 42.9 Å². The standard InChI is InChI=1S/C23H33NO9/c1-7-19(25)24(6)18(14-32-20(26)10-8-12-30-22(28)16(2)3)15-33-21(27)11-9-13-31-23(29)17(4)5/h7,18H,1-2,4,8-15H2,3,5-6H3. The van der Waals surface area contributed by atoms with Crippen molar-refractivity contribution in [3.8, 4) is 0 Å². The number of carbonyl (C=O) groups is 5. The largest absolute Gasteiger partial charge is 0.463 e. The van der Waals surface area contributed by atoms with E-state index in [0.29, 0.717) is 0 Å². The van der Waals surface area contributed by atoms with E-state index < -0.39 is 35.8 Å². The minimum atomic E-state index is -0.731. The number of esters is 4. The average Bonchev–Trinajstić information content (AvgIpc) is 2.77. The average molecular weight is 468 g/mol. The van der Waals surface area contributed by atoms with E-state index in [1.807, 2.05) is 0 Å². The molecule has 10 heteroatoms. The second-order valence-corrected chi connectivity index (χ2v) is 7.21. The molecule has 0 spiro atoms. The van der Waals surface area contributed by atoms with E-state index >= 15 is 0 Å². The molecule has 0 bridgehead atoms. The molecule has 10 nitrogen and oxygen atoms in total. The van der Waals surface area contributed by atoms with E-state index in [-0.39, 0.29) is 63.3 Å². The van der Waals surface area contributed by atoms with Gasteiger partial charge in [0.2, 0.25) is 5.91 Å². The van der Waals surface area contributed by atoms with Crippen molar-refractivity contribution in [1.82, 2.24) is 4.90 Å². The Hall–Kier alpha value is -3.43. The first-order valence-corrected chi connectivity index (χ1v) is 10.3. The molecule has 184 valence electrons. The second-order valence-electron chi connectivity index (χ2n) is 7.21. The zero-order valence-corrected chi connectivity index (χ0v) is 19.6. The van der Waals surface area contributed by atoms with Gasteiger partial charge < -0.3 is 23.8 Å². The van der Waals surface area contributed by atoms with Crippen LogP contribution in [0.15, 0.2) is 37.0 Å². The van der Waals surface area contributed by atoms with E-state index in [9.17, 15) is 24.0 Å². The topological polar surface area (TPSA) is 126 Å². The van der Waals surface area contributed by atoms with Crippen LogP contribution in [-0.4, -0.2) is 74.2 Å². The summed E-state index contributed by atoms with van der Waals surface area (Å²) in [5, 5.41) is 0. The summed E-state index contributed by atoms with van der Waals surface area (Å²) in [4.78, 5) is 59.6. The summed E-state index contributed by atoms with van der Waals surface area (Å²) in [6, 6.07) is -0.731. The summed E-state index contributed by atoms with van der Waals surface area (Å²) < 4.78 is 20.1. The van der Waals surface area contributed by atoms with Gasteiger partial charge in [-0.15, -0.1) is 0 Å². The molecule has 1 amide bonds. The maximum Gasteiger partial charge on any atom is 0.333 e. The zero-order valence-electron chi connectivity index (χ0n) is 19.6. The van der Waals surface area contributed by atoms with Gasteiger partial charge in [-0.1, -0.05) is 19.7 Å². The maximum absolute atomic E-state index is 11.9. The number of hydrogen-bond donors (Lipinski definition) is 0. The highest BCUT2D eigenvalue weighted by atomic mass is 16.6. The normalized spacial score (nSPS) is 10.1. The fourth-order valence-electron chi connectivity index (χ4n) is 2.13. The van der Waals surface area contributed by atoms with Gasteiger partial charge in [0.25, 0.3) is 0 Å². The fourth-order valence-corrected chi connectivity index (χ4v) is 2.13. The van der Waals surface area contributed by atoms with E-state index in [2.05, 4.69) is 19.7 Å². The monoisotopic (exact) mass is 467 g/mol. The molecule has 0 heterocycles. The van der Waals surface area contributed by atoms with Gasteiger partial charge in [-0.3, -0.25) is 14.4 Å². The number of rotatable bonds is 16. The molecule has 0 radical (unpaired) electrons. The zero-order chi connectivity index (χ0) is 25.4. The van der Waals surface area contributed by atoms with Crippen molar-refractivity contribution >= 4 is 29.8 Å². The smallest absolute Gasteiger partial charge is 0.333 e. The molecule has 0 saturated heterocycles. The summed E-state index contributed by atoms with van der Waals surface area (Å²) >= 11 is 0. The molecule has 0 saturated carbocycles. The molecule has 0 aromatic carbocycles. The number of hydrogen-bond acceptors (Lipinski definition) is 9. The Morgan fingerprint density at radius 1 is 0.788 bits per heavy atom. The predicted octanol–water partition coefficient (Wildman–Crippen LogP) is 1.88. The van der Waals surface area contributed by atoms with Gasteiger partial charge in [0.15, 0.2) is 0 Å². The SMILES string of the molecule is C=CC(=O)N(C)C(COC(=O)CCCOC(=O)C(=C)C)COC(=O)CCCOC(=O)C(=C)C. The van der Waals surface area contributed by atoms with Crippen LogP contribution in [0.1, 0.15) is 39.5 Å². The number of amides is 1. The third-order valence-corrected chi connectivity index (χ3v) is 4.16. The van der Waals surface area contributed by atoms with Crippen molar-refractivity contribution in [3.63, 3.8) is 0 Å². The lowest BCUT2D eigenvalue weighted by Crippen LogP contribution is -2.43. The molecule has 0 aromatic rings. The predicted molar refractivity (Wildman–Crippen MR) is 119 cm³/mol. The Morgan fingerprint density at radius 3 is 1.52 bits per heavy atom. The molecule has 0 unspecified atom stereocenters. The Bertz CT molecular complexity index is 707. The van der Waals surface area contributed by atoms with Crippen LogP contribution in [0.25, 0.3) is 0 Å². The van der Waals surface area contributed by atoms with Crippen LogP contribution in [0, 0.1) is 0 Å². The Morgan fingerprint density at radius 2 is 1.18 bits per heavy atom. The van der Waals surface area contributed by atoms with Gasteiger partial charge in [0, 0.05) is 31.0 Å². The number of nitrogens with zero attached hydrogens (tertiary/aromatic N) is 1. The Labute approximate surface area is 194 Å². The molecule has 0 fully saturated rings. The molecule has 0 aliphatic rings. The summed E-state index contributed by atoms with van der Waals surface area (Å²) in [6.07, 6.45) is 1.60. The van der Waals surface area contributed by atoms with Crippen molar-refractivity contribution in [2.24, 2.45) is 0 Å². The number of likely N-dealkylation sites (N-methyl/N-ethyl adjacent to an activating group) is 1. The van der Waals surface area contributed by atoms with E-state index in [4.69, 9.17) is 18.9 Å². The van der Waals surface area contributed by atoms with E-state index in [1.165, 1.54) is 25.8 Å². The first-order valence-electron chi connectivity index (χ1n) is 10.3. The molecular weight excluding hydrogens is 434 g/mol. The second kappa shape index (κ2) is 16.2. The number of ether oxygens (including phenoxy) is 4. The van der Waals surface area contributed by atoms with Gasteiger partial charge >= 0.3 is 23.9 Å². The minimum absolute atomic E-state index is 0.00198. The van der Waals surface area contributed by atoms with E-state index in [1.54, 1.807) is 0 Å². The van der Waals surface area contributed by atoms with Gasteiger partial charge in [-0.2, -0.15) is 0 Å². The lowest BCUT2D eigenvalue weighted by Gasteiger charge is -2.26. The summed E-state index contributed by atoms with van der Waals surface area (Å²) in [7, 11) is 1.46. The highest BCUT2D eigenvalue weighted by molar-refractivity contribution is 5.87. The van der Waals surface area contributed by atoms with Crippen molar-refractivity contribution in [1.29, 1.82) is 0 Å². The van der Waals surface area contributed by atoms with Crippen LogP contribution in [0.3, 0.4) is 0 Å². The van der Waals surface area contributed by atoms with Crippen LogP contribution >= 0.6 is 0 Å².